The summed E-state index contributed by atoms with van der Waals surface area (Å²) in [5.41, 5.74) is 9.14. The summed E-state index contributed by atoms with van der Waals surface area (Å²) >= 11 is 0. The molecule has 2 aliphatic carbocycles. The number of nitrogens with two attached hydrogens (primary N) is 1. The predicted molar refractivity (Wildman–Crippen MR) is 122 cm³/mol. The van der Waals surface area contributed by atoms with Crippen LogP contribution in [0.3, 0.4) is 0 Å². The molecule has 168 valence electrons. The molecule has 1 saturated heterocycles. The molecule has 1 aromatic carbocycles. The lowest BCUT2D eigenvalue weighted by molar-refractivity contribution is -0.115. The molecule has 4 aliphatic rings. The van der Waals surface area contributed by atoms with E-state index in [1.807, 2.05) is 4.90 Å². The molecule has 2 aromatic rings. The monoisotopic (exact) mass is 434 g/mol. The number of nitrogens with one attached hydrogen (secondary N) is 1. The van der Waals surface area contributed by atoms with Crippen LogP contribution < -0.4 is 20.7 Å². The van der Waals surface area contributed by atoms with Crippen LogP contribution in [0.15, 0.2) is 24.3 Å². The number of benzene rings is 1. The summed E-state index contributed by atoms with van der Waals surface area (Å²) in [5, 5.41) is 2.85. The second-order valence-corrected chi connectivity index (χ2v) is 9.76. The lowest BCUT2D eigenvalue weighted by atomic mass is 10.1. The minimum atomic E-state index is -0.106. The molecule has 3 N–H and O–H groups in total. The van der Waals surface area contributed by atoms with Crippen LogP contribution in [-0.4, -0.2) is 46.5 Å². The summed E-state index contributed by atoms with van der Waals surface area (Å²) in [4.78, 5) is 25.9. The van der Waals surface area contributed by atoms with E-state index in [1.54, 1.807) is 0 Å². The number of fused-ring (bicyclic) bond motifs is 2. The highest BCUT2D eigenvalue weighted by Crippen LogP contribution is 2.52. The Kier molecular flexibility index (Phi) is 4.90. The zero-order valence-corrected chi connectivity index (χ0v) is 18.3. The van der Waals surface area contributed by atoms with Gasteiger partial charge in [0.2, 0.25) is 5.91 Å². The van der Waals surface area contributed by atoms with E-state index in [1.165, 1.54) is 37.9 Å². The van der Waals surface area contributed by atoms with Gasteiger partial charge in [-0.1, -0.05) is 24.3 Å². The fraction of sp³-hybridized carbons (Fsp3) is 0.542. The first-order valence-corrected chi connectivity index (χ1v) is 11.8. The van der Waals surface area contributed by atoms with Crippen LogP contribution in [0.2, 0.25) is 0 Å². The van der Waals surface area contributed by atoms with Gasteiger partial charge < -0.3 is 20.7 Å². The third-order valence-electron chi connectivity index (χ3n) is 7.24. The summed E-state index contributed by atoms with van der Waals surface area (Å²) < 4.78 is 6.09. The molecule has 2 aliphatic heterocycles. The van der Waals surface area contributed by atoms with Crippen molar-refractivity contribution < 1.29 is 9.53 Å². The molecule has 0 bridgehead atoms. The van der Waals surface area contributed by atoms with Gasteiger partial charge >= 0.3 is 6.01 Å². The number of hydrogen-bond donors (Lipinski definition) is 2. The highest BCUT2D eigenvalue weighted by molar-refractivity contribution is 6.03. The number of nitrogens with zero attached hydrogens (tertiary/aromatic N) is 4. The highest BCUT2D eigenvalue weighted by atomic mass is 16.5. The van der Waals surface area contributed by atoms with E-state index in [0.29, 0.717) is 24.1 Å². The SMILES string of the molecule is Nc1nc(OC2CC3CC3C2)nc2c1NC(=O)CN2Cc1cccc(CN2CCCC2)c1. The van der Waals surface area contributed by atoms with E-state index in [-0.39, 0.29) is 24.4 Å². The minimum absolute atomic E-state index is 0.106. The zero-order chi connectivity index (χ0) is 21.7. The Balaban J connectivity index is 1.22. The van der Waals surface area contributed by atoms with Crippen LogP contribution in [0, 0.1) is 11.8 Å². The Bertz CT molecular complexity index is 1030. The Labute approximate surface area is 188 Å². The van der Waals surface area contributed by atoms with E-state index >= 15 is 0 Å². The Morgan fingerprint density at radius 1 is 1.06 bits per heavy atom. The molecule has 2 saturated carbocycles. The van der Waals surface area contributed by atoms with Crippen molar-refractivity contribution in [1.29, 1.82) is 0 Å². The molecular formula is C24H30N6O2. The largest absolute Gasteiger partial charge is 0.460 e. The maximum atomic E-state index is 12.4. The van der Waals surface area contributed by atoms with Gasteiger partial charge in [0.1, 0.15) is 11.8 Å². The van der Waals surface area contributed by atoms with E-state index in [2.05, 4.69) is 44.5 Å². The molecule has 1 amide bonds. The summed E-state index contributed by atoms with van der Waals surface area (Å²) in [6.07, 6.45) is 6.24. The van der Waals surface area contributed by atoms with Crippen LogP contribution in [0.25, 0.3) is 0 Å². The number of amides is 1. The van der Waals surface area contributed by atoms with Gasteiger partial charge in [-0.2, -0.15) is 9.97 Å². The number of likely N-dealkylation sites (tertiary alicyclic amines) is 1. The van der Waals surface area contributed by atoms with Crippen LogP contribution in [0.4, 0.5) is 17.3 Å². The van der Waals surface area contributed by atoms with Crippen molar-refractivity contribution in [3.8, 4) is 6.01 Å². The number of ether oxygens (including phenoxy) is 1. The Hall–Kier alpha value is -2.87. The molecule has 3 heterocycles. The number of carbonyl (C=O) groups excluding carboxylic acids is 1. The first-order valence-electron chi connectivity index (χ1n) is 11.8. The molecule has 2 atom stereocenters. The summed E-state index contributed by atoms with van der Waals surface area (Å²) in [5.74, 6) is 2.43. The van der Waals surface area contributed by atoms with Crippen molar-refractivity contribution >= 4 is 23.2 Å². The Morgan fingerprint density at radius 2 is 1.81 bits per heavy atom. The maximum absolute atomic E-state index is 12.4. The van der Waals surface area contributed by atoms with E-state index in [9.17, 15) is 4.79 Å². The maximum Gasteiger partial charge on any atom is 0.320 e. The second-order valence-electron chi connectivity index (χ2n) is 9.76. The molecule has 0 radical (unpaired) electrons. The molecular weight excluding hydrogens is 404 g/mol. The van der Waals surface area contributed by atoms with Crippen molar-refractivity contribution in [1.82, 2.24) is 14.9 Å². The molecule has 3 fully saturated rings. The van der Waals surface area contributed by atoms with Gasteiger partial charge in [0.25, 0.3) is 0 Å². The molecule has 8 heteroatoms. The second kappa shape index (κ2) is 7.92. The summed E-state index contributed by atoms with van der Waals surface area (Å²) in [6.45, 7) is 4.13. The highest BCUT2D eigenvalue weighted by Gasteiger charge is 2.47. The van der Waals surface area contributed by atoms with E-state index in [0.717, 1.165) is 36.8 Å². The fourth-order valence-electron chi connectivity index (χ4n) is 5.55. The van der Waals surface area contributed by atoms with Gasteiger partial charge in [0.15, 0.2) is 11.6 Å². The third-order valence-corrected chi connectivity index (χ3v) is 7.24. The standard InChI is InChI=1S/C24H30N6O2/c25-22-21-23(28-24(27-22)32-19-10-17-9-18(17)11-19)30(14-20(31)26-21)13-16-5-3-4-15(8-16)12-29-6-1-2-7-29/h3-5,8,17-19H,1-2,6-7,9-14H2,(H,26,31)(H2,25,27,28). The lowest BCUT2D eigenvalue weighted by Crippen LogP contribution is -2.39. The van der Waals surface area contributed by atoms with Gasteiger partial charge in [-0.25, -0.2) is 0 Å². The smallest absolute Gasteiger partial charge is 0.320 e. The average molecular weight is 435 g/mol. The van der Waals surface area contributed by atoms with Gasteiger partial charge in [0.05, 0.1) is 6.54 Å². The van der Waals surface area contributed by atoms with Crippen LogP contribution >= 0.6 is 0 Å². The number of aromatic nitrogens is 2. The summed E-state index contributed by atoms with van der Waals surface area (Å²) in [6, 6.07) is 8.93. The van der Waals surface area contributed by atoms with Gasteiger partial charge in [-0.3, -0.25) is 9.69 Å². The quantitative estimate of drug-likeness (QED) is 0.722. The van der Waals surface area contributed by atoms with Gasteiger partial charge in [0, 0.05) is 13.1 Å². The molecule has 2 unspecified atom stereocenters. The predicted octanol–water partition coefficient (Wildman–Crippen LogP) is 2.79. The normalized spacial score (nSPS) is 26.6. The number of anilines is 3. The first-order chi connectivity index (χ1) is 15.6. The van der Waals surface area contributed by atoms with Crippen LogP contribution in [0.5, 0.6) is 6.01 Å². The Morgan fingerprint density at radius 3 is 2.59 bits per heavy atom. The zero-order valence-electron chi connectivity index (χ0n) is 18.3. The van der Waals surface area contributed by atoms with Gasteiger partial charge in [-0.15, -0.1) is 0 Å². The van der Waals surface area contributed by atoms with Crippen molar-refractivity contribution in [2.45, 2.75) is 51.3 Å². The fourth-order valence-corrected chi connectivity index (χ4v) is 5.55. The average Bonchev–Trinajstić information content (AvgIpc) is 3.11. The number of rotatable bonds is 6. The topological polar surface area (TPSA) is 96.6 Å². The number of carbonyl (C=O) groups is 1. The van der Waals surface area contributed by atoms with Crippen molar-refractivity contribution in [3.05, 3.63) is 35.4 Å². The van der Waals surface area contributed by atoms with Crippen LogP contribution in [-0.2, 0) is 17.9 Å². The lowest BCUT2D eigenvalue weighted by Gasteiger charge is -2.30. The number of nitrogen functional groups attached to an aromatic ring is 1. The van der Waals surface area contributed by atoms with E-state index < -0.39 is 0 Å². The van der Waals surface area contributed by atoms with Crippen molar-refractivity contribution in [2.24, 2.45) is 11.8 Å². The molecule has 1 aromatic heterocycles. The number of hydrogen-bond acceptors (Lipinski definition) is 7. The van der Waals surface area contributed by atoms with E-state index in [4.69, 9.17) is 10.5 Å². The van der Waals surface area contributed by atoms with Crippen molar-refractivity contribution in [3.63, 3.8) is 0 Å². The summed E-state index contributed by atoms with van der Waals surface area (Å²) in [7, 11) is 0. The van der Waals surface area contributed by atoms with Gasteiger partial charge in [-0.05, 0) is 68.2 Å². The molecule has 32 heavy (non-hydrogen) atoms. The minimum Gasteiger partial charge on any atom is -0.460 e. The van der Waals surface area contributed by atoms with Crippen LogP contribution in [0.1, 0.15) is 43.2 Å². The third kappa shape index (κ3) is 3.99. The molecule has 6 rings (SSSR count). The van der Waals surface area contributed by atoms with Crippen molar-refractivity contribution in [2.75, 3.05) is 35.6 Å². The molecule has 0 spiro atoms. The molecule has 8 nitrogen and oxygen atoms in total. The first kappa shape index (κ1) is 19.8.